The highest BCUT2D eigenvalue weighted by atomic mass is 32.2. The normalized spacial score (nSPS) is 12.9. The van der Waals surface area contributed by atoms with Crippen LogP contribution < -0.4 is 10.9 Å². The van der Waals surface area contributed by atoms with Gasteiger partial charge in [-0.25, -0.2) is 4.98 Å². The Kier molecular flexibility index (Phi) is 5.53. The molecule has 0 radical (unpaired) electrons. The maximum absolute atomic E-state index is 13.1. The molecular weight excluding hydrogens is 412 g/mol. The van der Waals surface area contributed by atoms with E-state index in [1.807, 2.05) is 6.92 Å². The van der Waals surface area contributed by atoms with E-state index < -0.39 is 0 Å². The van der Waals surface area contributed by atoms with E-state index in [1.54, 1.807) is 27.4 Å². The molecule has 0 spiro atoms. The van der Waals surface area contributed by atoms with Crippen molar-refractivity contribution >= 4 is 55.6 Å². The minimum Gasteiger partial charge on any atom is -0.316 e. The largest absolute Gasteiger partial charge is 0.316 e. The Hall–Kier alpha value is -2.15. The maximum Gasteiger partial charge on any atom is 0.263 e. The fourth-order valence-corrected chi connectivity index (χ4v) is 6.26. The van der Waals surface area contributed by atoms with Gasteiger partial charge in [0.15, 0.2) is 5.16 Å². The molecule has 1 amide bonds. The van der Waals surface area contributed by atoms with Crippen molar-refractivity contribution in [3.05, 3.63) is 37.8 Å². The first-order valence-corrected chi connectivity index (χ1v) is 11.8. The molecule has 0 fully saturated rings. The van der Waals surface area contributed by atoms with E-state index in [0.717, 1.165) is 35.9 Å². The highest BCUT2D eigenvalue weighted by molar-refractivity contribution is 7.99. The van der Waals surface area contributed by atoms with Gasteiger partial charge in [-0.05, 0) is 42.7 Å². The third-order valence-electron chi connectivity index (χ3n) is 4.61. The van der Waals surface area contributed by atoms with Crippen molar-refractivity contribution in [2.75, 3.05) is 11.1 Å². The number of rotatable bonds is 6. The van der Waals surface area contributed by atoms with Crippen molar-refractivity contribution in [1.29, 1.82) is 5.26 Å². The van der Waals surface area contributed by atoms with Crippen LogP contribution in [0.25, 0.3) is 10.2 Å². The second kappa shape index (κ2) is 8.07. The number of nitriles is 1. The van der Waals surface area contributed by atoms with Crippen molar-refractivity contribution in [3.63, 3.8) is 0 Å². The minimum atomic E-state index is -0.213. The zero-order chi connectivity index (χ0) is 19.7. The van der Waals surface area contributed by atoms with Crippen molar-refractivity contribution in [2.24, 2.45) is 0 Å². The van der Waals surface area contributed by atoms with Crippen LogP contribution in [-0.2, 0) is 24.2 Å². The molecule has 4 rings (SSSR count). The van der Waals surface area contributed by atoms with Crippen molar-refractivity contribution in [3.8, 4) is 6.07 Å². The van der Waals surface area contributed by atoms with Gasteiger partial charge in [0.1, 0.15) is 15.9 Å². The molecule has 9 heteroatoms. The number of fused-ring (bicyclic) bond motifs is 3. The lowest BCUT2D eigenvalue weighted by Gasteiger charge is -2.11. The second-order valence-electron chi connectivity index (χ2n) is 6.50. The molecular formula is C19H18N4O2S3. The molecule has 1 N–H and O–H groups in total. The van der Waals surface area contributed by atoms with Gasteiger partial charge in [-0.15, -0.1) is 22.7 Å². The van der Waals surface area contributed by atoms with Crippen molar-refractivity contribution in [1.82, 2.24) is 9.55 Å². The summed E-state index contributed by atoms with van der Waals surface area (Å²) in [5.41, 5.74) is 1.65. The number of thioether (sulfide) groups is 1. The fraction of sp³-hybridized carbons (Fsp3) is 0.368. The Morgan fingerprint density at radius 3 is 3.11 bits per heavy atom. The summed E-state index contributed by atoms with van der Waals surface area (Å²) >= 11 is 4.20. The number of thiophene rings is 2. The van der Waals surface area contributed by atoms with Gasteiger partial charge in [-0.3, -0.25) is 14.2 Å². The smallest absolute Gasteiger partial charge is 0.263 e. The predicted octanol–water partition coefficient (Wildman–Crippen LogP) is 4.02. The van der Waals surface area contributed by atoms with Gasteiger partial charge in [0.25, 0.3) is 5.56 Å². The van der Waals surface area contributed by atoms with E-state index in [4.69, 9.17) is 10.2 Å². The quantitative estimate of drug-likeness (QED) is 0.471. The number of aryl methyl sites for hydroxylation is 2. The van der Waals surface area contributed by atoms with E-state index in [1.165, 1.54) is 33.5 Å². The number of hydrogen-bond acceptors (Lipinski definition) is 7. The summed E-state index contributed by atoms with van der Waals surface area (Å²) in [6, 6.07) is 3.74. The number of nitrogens with zero attached hydrogens (tertiary/aromatic N) is 3. The van der Waals surface area contributed by atoms with Gasteiger partial charge < -0.3 is 5.32 Å². The fourth-order valence-electron chi connectivity index (χ4n) is 3.38. The second-order valence-corrected chi connectivity index (χ2v) is 9.44. The number of aromatic nitrogens is 2. The topological polar surface area (TPSA) is 87.8 Å². The van der Waals surface area contributed by atoms with Crippen molar-refractivity contribution < 1.29 is 4.79 Å². The van der Waals surface area contributed by atoms with Crippen LogP contribution in [0, 0.1) is 11.3 Å². The van der Waals surface area contributed by atoms with Gasteiger partial charge in [-0.2, -0.15) is 5.26 Å². The molecule has 1 aliphatic rings. The van der Waals surface area contributed by atoms with Gasteiger partial charge in [0.2, 0.25) is 5.91 Å². The SMILES string of the molecule is CCCn1c(SCC(=O)Nc2sccc2C#N)nc2sc3c(c2c1=O)CCC3. The lowest BCUT2D eigenvalue weighted by molar-refractivity contribution is -0.113. The Balaban J connectivity index is 1.59. The molecule has 0 atom stereocenters. The third-order valence-corrected chi connectivity index (χ3v) is 7.60. The Morgan fingerprint density at radius 2 is 2.32 bits per heavy atom. The first-order chi connectivity index (χ1) is 13.6. The number of carbonyl (C=O) groups excluding carboxylic acids is 1. The standard InChI is InChI=1S/C19H18N4O2S3/c1-2-7-23-18(25)15-12-4-3-5-13(12)28-17(15)22-19(23)27-10-14(24)21-16-11(9-20)6-8-26-16/h6,8H,2-5,7,10H2,1H3,(H,21,24). The van der Waals surface area contributed by atoms with E-state index in [9.17, 15) is 9.59 Å². The van der Waals surface area contributed by atoms with E-state index in [-0.39, 0.29) is 17.2 Å². The molecule has 3 aromatic rings. The Labute approximate surface area is 174 Å². The molecule has 0 saturated heterocycles. The van der Waals surface area contributed by atoms with Gasteiger partial charge >= 0.3 is 0 Å². The molecule has 3 aromatic heterocycles. The highest BCUT2D eigenvalue weighted by Crippen LogP contribution is 2.35. The van der Waals surface area contributed by atoms with Crippen LogP contribution in [0.5, 0.6) is 0 Å². The van der Waals surface area contributed by atoms with Gasteiger partial charge in [0.05, 0.1) is 16.7 Å². The average Bonchev–Trinajstić information content (AvgIpc) is 3.38. The Morgan fingerprint density at radius 1 is 1.46 bits per heavy atom. The third kappa shape index (κ3) is 3.48. The molecule has 0 aliphatic heterocycles. The van der Waals surface area contributed by atoms with Gasteiger partial charge in [-0.1, -0.05) is 18.7 Å². The summed E-state index contributed by atoms with van der Waals surface area (Å²) in [6.45, 7) is 2.61. The number of amides is 1. The summed E-state index contributed by atoms with van der Waals surface area (Å²) in [7, 11) is 0. The molecule has 144 valence electrons. The van der Waals surface area contributed by atoms with Crippen LogP contribution in [0.15, 0.2) is 21.4 Å². The first-order valence-electron chi connectivity index (χ1n) is 9.07. The van der Waals surface area contributed by atoms with Crippen molar-refractivity contribution in [2.45, 2.75) is 44.3 Å². The molecule has 28 heavy (non-hydrogen) atoms. The summed E-state index contributed by atoms with van der Waals surface area (Å²) < 4.78 is 1.71. The van der Waals surface area contributed by atoms with Crippen LogP contribution in [-0.4, -0.2) is 21.2 Å². The molecule has 3 heterocycles. The van der Waals surface area contributed by atoms with Crippen LogP contribution in [0.1, 0.15) is 35.8 Å². The summed E-state index contributed by atoms with van der Waals surface area (Å²) in [6.07, 6.45) is 3.90. The number of carbonyl (C=O) groups is 1. The van der Waals surface area contributed by atoms with E-state index in [2.05, 4.69) is 11.4 Å². The minimum absolute atomic E-state index is 0.0131. The van der Waals surface area contributed by atoms with Crippen LogP contribution in [0.4, 0.5) is 5.00 Å². The number of nitrogens with one attached hydrogen (secondary N) is 1. The zero-order valence-corrected chi connectivity index (χ0v) is 17.7. The summed E-state index contributed by atoms with van der Waals surface area (Å²) in [5, 5.41) is 15.5. The van der Waals surface area contributed by atoms with Crippen LogP contribution >= 0.6 is 34.4 Å². The van der Waals surface area contributed by atoms with Gasteiger partial charge in [0, 0.05) is 11.4 Å². The summed E-state index contributed by atoms with van der Waals surface area (Å²) in [5.74, 6) is -0.0785. The predicted molar refractivity (Wildman–Crippen MR) is 115 cm³/mol. The molecule has 0 bridgehead atoms. The highest BCUT2D eigenvalue weighted by Gasteiger charge is 2.23. The molecule has 0 saturated carbocycles. The first kappa shape index (κ1) is 19.2. The molecule has 6 nitrogen and oxygen atoms in total. The monoisotopic (exact) mass is 430 g/mol. The van der Waals surface area contributed by atoms with E-state index in [0.29, 0.717) is 22.3 Å². The lowest BCUT2D eigenvalue weighted by Crippen LogP contribution is -2.24. The lowest BCUT2D eigenvalue weighted by atomic mass is 10.2. The summed E-state index contributed by atoms with van der Waals surface area (Å²) in [4.78, 5) is 32.3. The van der Waals surface area contributed by atoms with Crippen LogP contribution in [0.3, 0.4) is 0 Å². The number of anilines is 1. The average molecular weight is 431 g/mol. The van der Waals surface area contributed by atoms with Crippen LogP contribution in [0.2, 0.25) is 0 Å². The van der Waals surface area contributed by atoms with E-state index >= 15 is 0 Å². The number of hydrogen-bond donors (Lipinski definition) is 1. The molecule has 0 aromatic carbocycles. The molecule has 0 unspecified atom stereocenters. The molecule has 1 aliphatic carbocycles. The Bertz CT molecular complexity index is 1150. The zero-order valence-electron chi connectivity index (χ0n) is 15.3. The maximum atomic E-state index is 13.1.